The summed E-state index contributed by atoms with van der Waals surface area (Å²) >= 11 is 0. The third-order valence-electron chi connectivity index (χ3n) is 4.44. The summed E-state index contributed by atoms with van der Waals surface area (Å²) in [5.74, 6) is -1.07. The minimum atomic E-state index is -4.24. The normalized spacial score (nSPS) is 15.3. The van der Waals surface area contributed by atoms with Gasteiger partial charge in [0.1, 0.15) is 12.6 Å². The van der Waals surface area contributed by atoms with Crippen molar-refractivity contribution in [2.45, 2.75) is 90.1 Å². The third-order valence-corrected chi connectivity index (χ3v) is 5.51. The first-order valence-electron chi connectivity index (χ1n) is 10.7. The summed E-state index contributed by atoms with van der Waals surface area (Å²) in [5, 5.41) is 8.97. The zero-order valence-electron chi connectivity index (χ0n) is 18.4. The highest BCUT2D eigenvalue weighted by atomic mass is 31.2. The fraction of sp³-hybridized carbons (Fsp3) is 0.950. The number of nitrogens with zero attached hydrogens (tertiary/aromatic N) is 1. The summed E-state index contributed by atoms with van der Waals surface area (Å²) in [6, 6.07) is 0. The molecule has 0 aliphatic heterocycles. The number of phosphoric ester groups is 1. The molecule has 0 aromatic heterocycles. The van der Waals surface area contributed by atoms with Gasteiger partial charge in [-0.3, -0.25) is 13.8 Å². The molecule has 0 amide bonds. The fourth-order valence-electron chi connectivity index (χ4n) is 3.11. The van der Waals surface area contributed by atoms with Crippen LogP contribution in [0.25, 0.3) is 0 Å². The number of carboxylic acid groups (broad SMARTS) is 1. The molecule has 28 heavy (non-hydrogen) atoms. The van der Waals surface area contributed by atoms with Gasteiger partial charge in [0.2, 0.25) is 0 Å². The van der Waals surface area contributed by atoms with Crippen molar-refractivity contribution >= 4 is 13.8 Å². The van der Waals surface area contributed by atoms with E-state index in [0.717, 1.165) is 12.8 Å². The average Bonchev–Trinajstić information content (AvgIpc) is 2.53. The monoisotopic (exact) mass is 424 g/mol. The molecule has 0 spiro atoms. The van der Waals surface area contributed by atoms with Crippen LogP contribution in [-0.2, 0) is 18.4 Å². The number of phosphoric acid groups is 1. The van der Waals surface area contributed by atoms with Crippen molar-refractivity contribution in [2.75, 3.05) is 34.3 Å². The van der Waals surface area contributed by atoms with E-state index >= 15 is 0 Å². The number of aliphatic carboxylic acids is 1. The predicted molar refractivity (Wildman–Crippen MR) is 112 cm³/mol. The van der Waals surface area contributed by atoms with Gasteiger partial charge >= 0.3 is 13.8 Å². The second-order valence-corrected chi connectivity index (χ2v) is 10.0. The molecular weight excluding hydrogens is 381 g/mol. The van der Waals surface area contributed by atoms with E-state index in [-0.39, 0.29) is 13.0 Å². The number of hydrogen-bond donors (Lipinski definition) is 2. The van der Waals surface area contributed by atoms with Gasteiger partial charge in [-0.1, -0.05) is 71.1 Å². The number of rotatable bonds is 19. The summed E-state index contributed by atoms with van der Waals surface area (Å²) in [6.45, 7) is 2.68. The molecule has 0 aliphatic rings. The van der Waals surface area contributed by atoms with E-state index in [1.54, 1.807) is 0 Å². The van der Waals surface area contributed by atoms with Gasteiger partial charge in [0.15, 0.2) is 0 Å². The van der Waals surface area contributed by atoms with E-state index in [2.05, 4.69) is 6.92 Å². The lowest BCUT2D eigenvalue weighted by molar-refractivity contribution is -0.873. The standard InChI is InChI=1S/C20H42NO6P/c1-5-6-7-8-9-10-11-12-13-14-15-16-26-28(24,25)27-19(17-20(22)23)18-21(2,3)4/h19H,5-18H2,1-4H3,(H-,22,23,24,25)/p+1. The molecular formula is C20H43NO6P+. The molecule has 8 heteroatoms. The molecule has 0 heterocycles. The van der Waals surface area contributed by atoms with Crippen LogP contribution in [0.15, 0.2) is 0 Å². The van der Waals surface area contributed by atoms with E-state index in [9.17, 15) is 14.3 Å². The molecule has 168 valence electrons. The highest BCUT2D eigenvalue weighted by Crippen LogP contribution is 2.45. The summed E-state index contributed by atoms with van der Waals surface area (Å²) in [7, 11) is 1.36. The minimum absolute atomic E-state index is 0.148. The first-order chi connectivity index (χ1) is 13.1. The van der Waals surface area contributed by atoms with E-state index in [1.807, 2.05) is 21.1 Å². The van der Waals surface area contributed by atoms with Crippen LogP contribution in [0.4, 0.5) is 0 Å². The predicted octanol–water partition coefficient (Wildman–Crippen LogP) is 4.98. The van der Waals surface area contributed by atoms with Crippen LogP contribution in [-0.4, -0.2) is 60.9 Å². The molecule has 0 aromatic carbocycles. The Labute approximate surface area is 171 Å². The van der Waals surface area contributed by atoms with E-state index in [4.69, 9.17) is 14.2 Å². The molecule has 0 aliphatic carbocycles. The summed E-state index contributed by atoms with van der Waals surface area (Å²) < 4.78 is 22.7. The largest absolute Gasteiger partial charge is 0.481 e. The van der Waals surface area contributed by atoms with Crippen molar-refractivity contribution in [3.8, 4) is 0 Å². The van der Waals surface area contributed by atoms with Gasteiger partial charge in [0.25, 0.3) is 0 Å². The van der Waals surface area contributed by atoms with Gasteiger partial charge in [0, 0.05) is 0 Å². The van der Waals surface area contributed by atoms with Gasteiger partial charge in [-0.25, -0.2) is 4.57 Å². The van der Waals surface area contributed by atoms with Crippen molar-refractivity contribution in [2.24, 2.45) is 0 Å². The first-order valence-corrected chi connectivity index (χ1v) is 12.2. The van der Waals surface area contributed by atoms with E-state index in [1.165, 1.54) is 51.4 Å². The second kappa shape index (κ2) is 15.4. The molecule has 2 N–H and O–H groups in total. The Bertz CT molecular complexity index is 452. The number of likely N-dealkylation sites (N-methyl/N-ethyl adjacent to an activating group) is 1. The summed E-state index contributed by atoms with van der Waals surface area (Å²) in [4.78, 5) is 20.8. The Morgan fingerprint density at radius 2 is 1.39 bits per heavy atom. The average molecular weight is 425 g/mol. The lowest BCUT2D eigenvalue weighted by atomic mass is 10.1. The highest BCUT2D eigenvalue weighted by Gasteiger charge is 2.31. The maximum atomic E-state index is 12.1. The topological polar surface area (TPSA) is 93.1 Å². The number of carbonyl (C=O) groups is 1. The number of unbranched alkanes of at least 4 members (excludes halogenated alkanes) is 10. The smallest absolute Gasteiger partial charge is 0.472 e. The molecule has 0 saturated heterocycles. The van der Waals surface area contributed by atoms with Crippen LogP contribution in [0.3, 0.4) is 0 Å². The van der Waals surface area contributed by atoms with Gasteiger partial charge in [-0.2, -0.15) is 0 Å². The Kier molecular flexibility index (Phi) is 15.1. The third kappa shape index (κ3) is 18.9. The Hall–Kier alpha value is -0.460. The van der Waals surface area contributed by atoms with Crippen LogP contribution >= 0.6 is 7.82 Å². The van der Waals surface area contributed by atoms with Gasteiger partial charge in [-0.15, -0.1) is 0 Å². The quantitative estimate of drug-likeness (QED) is 0.173. The Morgan fingerprint density at radius 1 is 0.929 bits per heavy atom. The Morgan fingerprint density at radius 3 is 1.82 bits per heavy atom. The van der Waals surface area contributed by atoms with Crippen molar-refractivity contribution in [1.82, 2.24) is 0 Å². The van der Waals surface area contributed by atoms with Gasteiger partial charge in [0.05, 0.1) is 34.2 Å². The molecule has 0 rings (SSSR count). The fourth-order valence-corrected chi connectivity index (χ4v) is 4.04. The number of quaternary nitrogens is 1. The molecule has 0 bridgehead atoms. The van der Waals surface area contributed by atoms with Crippen molar-refractivity contribution < 1.29 is 32.9 Å². The van der Waals surface area contributed by atoms with Gasteiger partial charge < -0.3 is 14.5 Å². The summed E-state index contributed by atoms with van der Waals surface area (Å²) in [5.41, 5.74) is 0. The van der Waals surface area contributed by atoms with Crippen molar-refractivity contribution in [3.63, 3.8) is 0 Å². The van der Waals surface area contributed by atoms with E-state index < -0.39 is 19.9 Å². The van der Waals surface area contributed by atoms with Crippen molar-refractivity contribution in [3.05, 3.63) is 0 Å². The maximum Gasteiger partial charge on any atom is 0.472 e. The lowest BCUT2D eigenvalue weighted by Gasteiger charge is -2.29. The SMILES string of the molecule is CCCCCCCCCCCCCOP(=O)(O)OC(CC(=O)O)C[N+](C)(C)C. The lowest BCUT2D eigenvalue weighted by Crippen LogP contribution is -2.42. The van der Waals surface area contributed by atoms with Crippen LogP contribution in [0.1, 0.15) is 84.0 Å². The number of hydrogen-bond acceptors (Lipinski definition) is 4. The van der Waals surface area contributed by atoms with Crippen LogP contribution in [0.5, 0.6) is 0 Å². The van der Waals surface area contributed by atoms with Crippen LogP contribution in [0, 0.1) is 0 Å². The van der Waals surface area contributed by atoms with Crippen molar-refractivity contribution in [1.29, 1.82) is 0 Å². The first kappa shape index (κ1) is 27.5. The van der Waals surface area contributed by atoms with E-state index in [0.29, 0.717) is 17.4 Å². The molecule has 2 unspecified atom stereocenters. The molecule has 0 saturated carbocycles. The zero-order valence-corrected chi connectivity index (χ0v) is 19.3. The maximum absolute atomic E-state index is 12.1. The van der Waals surface area contributed by atoms with Gasteiger partial charge in [-0.05, 0) is 6.42 Å². The molecule has 2 atom stereocenters. The zero-order chi connectivity index (χ0) is 21.5. The minimum Gasteiger partial charge on any atom is -0.481 e. The molecule has 7 nitrogen and oxygen atoms in total. The number of carboxylic acids is 1. The summed E-state index contributed by atoms with van der Waals surface area (Å²) in [6.07, 6.45) is 11.9. The molecule has 0 radical (unpaired) electrons. The molecule has 0 fully saturated rings. The molecule has 0 aromatic rings. The van der Waals surface area contributed by atoms with Crippen LogP contribution in [0.2, 0.25) is 0 Å². The highest BCUT2D eigenvalue weighted by molar-refractivity contribution is 7.47. The Balaban J connectivity index is 3.88. The van der Waals surface area contributed by atoms with Crippen LogP contribution < -0.4 is 0 Å². The second-order valence-electron chi connectivity index (χ2n) is 8.64.